The van der Waals surface area contributed by atoms with E-state index in [9.17, 15) is 9.90 Å². The fraction of sp³-hybridized carbons (Fsp3) is 0.706. The largest absolute Gasteiger partial charge is 0.396 e. The maximum absolute atomic E-state index is 12.5. The fourth-order valence-electron chi connectivity index (χ4n) is 3.84. The summed E-state index contributed by atoms with van der Waals surface area (Å²) in [5.41, 5.74) is 0.811. The van der Waals surface area contributed by atoms with Gasteiger partial charge in [-0.15, -0.1) is 0 Å². The smallest absolute Gasteiger partial charge is 0.268 e. The first-order valence-electron chi connectivity index (χ1n) is 8.36. The van der Waals surface area contributed by atoms with Gasteiger partial charge in [-0.2, -0.15) is 0 Å². The summed E-state index contributed by atoms with van der Waals surface area (Å²) in [6.07, 6.45) is 11.0. The van der Waals surface area contributed by atoms with E-state index < -0.39 is 0 Å². The molecule has 0 radical (unpaired) electrons. The number of carbonyl (C=O) groups excluding carboxylic acids is 1. The number of hydrogen-bond donors (Lipinski definition) is 2. The average molecular weight is 290 g/mol. The maximum Gasteiger partial charge on any atom is 0.268 e. The van der Waals surface area contributed by atoms with Gasteiger partial charge < -0.3 is 15.0 Å². The molecule has 1 aromatic heterocycles. The van der Waals surface area contributed by atoms with E-state index in [1.165, 1.54) is 25.7 Å². The molecule has 116 valence electrons. The lowest BCUT2D eigenvalue weighted by molar-refractivity contribution is 0.0902. The van der Waals surface area contributed by atoms with Crippen molar-refractivity contribution in [3.63, 3.8) is 0 Å². The predicted octanol–water partition coefficient (Wildman–Crippen LogP) is 2.88. The molecule has 4 nitrogen and oxygen atoms in total. The third-order valence-electron chi connectivity index (χ3n) is 5.17. The quantitative estimate of drug-likeness (QED) is 0.896. The van der Waals surface area contributed by atoms with Gasteiger partial charge in [0.2, 0.25) is 0 Å². The molecular formula is C17H26N2O2. The van der Waals surface area contributed by atoms with Gasteiger partial charge in [0.25, 0.3) is 5.91 Å². The Labute approximate surface area is 126 Å². The molecule has 2 aliphatic rings. The highest BCUT2D eigenvalue weighted by atomic mass is 16.3. The summed E-state index contributed by atoms with van der Waals surface area (Å²) in [7, 11) is 0. The summed E-state index contributed by atoms with van der Waals surface area (Å²) in [6, 6.07) is 4.70. The van der Waals surface area contributed by atoms with Gasteiger partial charge in [-0.05, 0) is 56.6 Å². The minimum absolute atomic E-state index is 0.0688. The zero-order valence-electron chi connectivity index (χ0n) is 12.6. The standard InChI is InChI=1S/C17H26N2O2/c20-12-13-7-9-14(10-8-13)18-17(21)16-6-3-11-19(16)15-4-1-2-5-15/h3,6,11,13-15,20H,1-2,4-5,7-10,12H2,(H,18,21). The van der Waals surface area contributed by atoms with Crippen molar-refractivity contribution in [1.82, 2.24) is 9.88 Å². The van der Waals surface area contributed by atoms with Crippen LogP contribution in [0.4, 0.5) is 0 Å². The van der Waals surface area contributed by atoms with Crippen molar-refractivity contribution in [2.24, 2.45) is 5.92 Å². The molecule has 0 aliphatic heterocycles. The van der Waals surface area contributed by atoms with Gasteiger partial charge in [0.15, 0.2) is 0 Å². The monoisotopic (exact) mass is 290 g/mol. The molecule has 4 heteroatoms. The molecule has 0 unspecified atom stereocenters. The lowest BCUT2D eigenvalue weighted by atomic mass is 9.86. The number of nitrogens with zero attached hydrogens (tertiary/aromatic N) is 1. The second-order valence-electron chi connectivity index (χ2n) is 6.61. The topological polar surface area (TPSA) is 54.3 Å². The number of carbonyl (C=O) groups is 1. The Balaban J connectivity index is 1.60. The SMILES string of the molecule is O=C(NC1CCC(CO)CC1)c1cccn1C1CCCC1. The second kappa shape index (κ2) is 6.65. The number of aliphatic hydroxyl groups excluding tert-OH is 1. The number of hydrogen-bond acceptors (Lipinski definition) is 2. The van der Waals surface area contributed by atoms with Crippen molar-refractivity contribution >= 4 is 5.91 Å². The summed E-state index contributed by atoms with van der Waals surface area (Å²) in [4.78, 5) is 12.5. The maximum atomic E-state index is 12.5. The summed E-state index contributed by atoms with van der Waals surface area (Å²) >= 11 is 0. The number of amides is 1. The van der Waals surface area contributed by atoms with E-state index in [4.69, 9.17) is 0 Å². The fourth-order valence-corrected chi connectivity index (χ4v) is 3.84. The molecule has 0 spiro atoms. The Kier molecular flexibility index (Phi) is 4.63. The third-order valence-corrected chi connectivity index (χ3v) is 5.17. The highest BCUT2D eigenvalue weighted by Crippen LogP contribution is 2.31. The van der Waals surface area contributed by atoms with E-state index in [0.717, 1.165) is 31.4 Å². The molecule has 0 bridgehead atoms. The molecule has 0 aromatic carbocycles. The van der Waals surface area contributed by atoms with Crippen molar-refractivity contribution in [1.29, 1.82) is 0 Å². The lowest BCUT2D eigenvalue weighted by Crippen LogP contribution is -2.39. The first-order chi connectivity index (χ1) is 10.3. The van der Waals surface area contributed by atoms with Crippen LogP contribution in [0.15, 0.2) is 18.3 Å². The predicted molar refractivity (Wildman–Crippen MR) is 82.2 cm³/mol. The van der Waals surface area contributed by atoms with Crippen molar-refractivity contribution in [3.8, 4) is 0 Å². The molecule has 2 fully saturated rings. The second-order valence-corrected chi connectivity index (χ2v) is 6.61. The Morgan fingerprint density at radius 1 is 1.19 bits per heavy atom. The van der Waals surface area contributed by atoms with Crippen LogP contribution in [0.25, 0.3) is 0 Å². The van der Waals surface area contributed by atoms with Crippen LogP contribution in [0.1, 0.15) is 67.9 Å². The molecule has 0 atom stereocenters. The molecule has 2 aliphatic carbocycles. The number of aromatic nitrogens is 1. The summed E-state index contributed by atoms with van der Waals surface area (Å²) in [6.45, 7) is 0.283. The van der Waals surface area contributed by atoms with E-state index in [1.807, 2.05) is 18.3 Å². The van der Waals surface area contributed by atoms with E-state index in [2.05, 4.69) is 9.88 Å². The van der Waals surface area contributed by atoms with Crippen LogP contribution in [0.2, 0.25) is 0 Å². The van der Waals surface area contributed by atoms with Crippen LogP contribution in [0.5, 0.6) is 0 Å². The van der Waals surface area contributed by atoms with Crippen molar-refractivity contribution in [2.45, 2.75) is 63.5 Å². The Morgan fingerprint density at radius 2 is 1.90 bits per heavy atom. The Hall–Kier alpha value is -1.29. The zero-order chi connectivity index (χ0) is 14.7. The summed E-state index contributed by atoms with van der Waals surface area (Å²) < 4.78 is 2.17. The number of rotatable bonds is 4. The summed E-state index contributed by atoms with van der Waals surface area (Å²) in [5.74, 6) is 0.500. The summed E-state index contributed by atoms with van der Waals surface area (Å²) in [5, 5.41) is 12.4. The van der Waals surface area contributed by atoms with E-state index in [-0.39, 0.29) is 18.6 Å². The molecule has 1 aromatic rings. The molecule has 2 N–H and O–H groups in total. The molecular weight excluding hydrogens is 264 g/mol. The molecule has 2 saturated carbocycles. The van der Waals surface area contributed by atoms with Crippen molar-refractivity contribution < 1.29 is 9.90 Å². The molecule has 3 rings (SSSR count). The van der Waals surface area contributed by atoms with Crippen LogP contribution in [0.3, 0.4) is 0 Å². The van der Waals surface area contributed by atoms with Gasteiger partial charge in [-0.25, -0.2) is 0 Å². The van der Waals surface area contributed by atoms with E-state index >= 15 is 0 Å². The lowest BCUT2D eigenvalue weighted by Gasteiger charge is -2.28. The Bertz CT molecular complexity index is 469. The van der Waals surface area contributed by atoms with Crippen molar-refractivity contribution in [3.05, 3.63) is 24.0 Å². The highest BCUT2D eigenvalue weighted by Gasteiger charge is 2.25. The van der Waals surface area contributed by atoms with Gasteiger partial charge in [0, 0.05) is 24.9 Å². The minimum Gasteiger partial charge on any atom is -0.396 e. The average Bonchev–Trinajstić information content (AvgIpc) is 3.18. The molecule has 0 saturated heterocycles. The van der Waals surface area contributed by atoms with Gasteiger partial charge in [-0.1, -0.05) is 12.8 Å². The number of nitrogens with one attached hydrogen (secondary N) is 1. The van der Waals surface area contributed by atoms with E-state index in [1.54, 1.807) is 0 Å². The molecule has 1 amide bonds. The first kappa shape index (κ1) is 14.6. The molecule has 21 heavy (non-hydrogen) atoms. The van der Waals surface area contributed by atoms with Gasteiger partial charge in [0.1, 0.15) is 5.69 Å². The Morgan fingerprint density at radius 3 is 2.57 bits per heavy atom. The van der Waals surface area contributed by atoms with Crippen LogP contribution in [-0.2, 0) is 0 Å². The van der Waals surface area contributed by atoms with Crippen LogP contribution in [0, 0.1) is 5.92 Å². The third kappa shape index (κ3) is 3.31. The zero-order valence-corrected chi connectivity index (χ0v) is 12.6. The van der Waals surface area contributed by atoms with Crippen LogP contribution in [-0.4, -0.2) is 28.2 Å². The van der Waals surface area contributed by atoms with Crippen LogP contribution < -0.4 is 5.32 Å². The van der Waals surface area contributed by atoms with E-state index in [0.29, 0.717) is 12.0 Å². The highest BCUT2D eigenvalue weighted by molar-refractivity contribution is 5.93. The minimum atomic E-state index is 0.0688. The van der Waals surface area contributed by atoms with Gasteiger partial charge >= 0.3 is 0 Å². The van der Waals surface area contributed by atoms with Gasteiger partial charge in [-0.3, -0.25) is 4.79 Å². The first-order valence-corrected chi connectivity index (χ1v) is 8.36. The van der Waals surface area contributed by atoms with Crippen molar-refractivity contribution in [2.75, 3.05) is 6.61 Å². The van der Waals surface area contributed by atoms with Gasteiger partial charge in [0.05, 0.1) is 0 Å². The number of aliphatic hydroxyl groups is 1. The van der Waals surface area contributed by atoms with Crippen LogP contribution >= 0.6 is 0 Å². The normalized spacial score (nSPS) is 26.9. The molecule has 1 heterocycles.